The number of carbonyl (C=O) groups is 1. The van der Waals surface area contributed by atoms with Gasteiger partial charge in [0.15, 0.2) is 11.6 Å². The zero-order valence-corrected chi connectivity index (χ0v) is 14.4. The van der Waals surface area contributed by atoms with Crippen molar-refractivity contribution in [2.24, 2.45) is 0 Å². The molecule has 5 nitrogen and oxygen atoms in total. The van der Waals surface area contributed by atoms with Crippen molar-refractivity contribution in [2.75, 3.05) is 0 Å². The van der Waals surface area contributed by atoms with E-state index in [-0.39, 0.29) is 17.1 Å². The molecule has 0 saturated heterocycles. The van der Waals surface area contributed by atoms with Crippen LogP contribution < -0.4 is 9.47 Å². The van der Waals surface area contributed by atoms with Crippen LogP contribution >= 0.6 is 0 Å². The van der Waals surface area contributed by atoms with Crippen molar-refractivity contribution in [1.82, 2.24) is 0 Å². The average Bonchev–Trinajstić information content (AvgIpc) is 2.74. The summed E-state index contributed by atoms with van der Waals surface area (Å²) in [5.41, 5.74) is -2.04. The third-order valence-corrected chi connectivity index (χ3v) is 3.75. The smallest absolute Gasteiger partial charge is 0.343 e. The molecule has 0 bridgehead atoms. The molecule has 29 heavy (non-hydrogen) atoms. The highest BCUT2D eigenvalue weighted by Crippen LogP contribution is 2.34. The fraction of sp³-hybridized carbons (Fsp3) is 0. The average molecular weight is 394 g/mol. The van der Waals surface area contributed by atoms with Gasteiger partial charge in [-0.25, -0.2) is 13.6 Å². The number of ether oxygens (including phenoxy) is 2. The van der Waals surface area contributed by atoms with Gasteiger partial charge in [0.1, 0.15) is 34.8 Å². The van der Waals surface area contributed by atoms with Crippen molar-refractivity contribution >= 4 is 5.97 Å². The number of hydrogen-bond donors (Lipinski definition) is 0. The third-order valence-electron chi connectivity index (χ3n) is 3.75. The zero-order chi connectivity index (χ0) is 21.0. The number of esters is 1. The molecule has 0 saturated carbocycles. The Morgan fingerprint density at radius 3 is 2.07 bits per heavy atom. The molecule has 3 aromatic rings. The van der Waals surface area contributed by atoms with Gasteiger partial charge in [0.05, 0.1) is 5.56 Å². The van der Waals surface area contributed by atoms with Crippen LogP contribution in [0.2, 0.25) is 0 Å². The summed E-state index contributed by atoms with van der Waals surface area (Å²) in [6, 6.07) is 15.9. The lowest BCUT2D eigenvalue weighted by Crippen LogP contribution is -2.08. The molecule has 0 aromatic heterocycles. The monoisotopic (exact) mass is 394 g/mol. The van der Waals surface area contributed by atoms with Gasteiger partial charge >= 0.3 is 5.97 Å². The summed E-state index contributed by atoms with van der Waals surface area (Å²) in [5.74, 6) is -6.89. The summed E-state index contributed by atoms with van der Waals surface area (Å²) in [4.78, 5) is 12.2. The minimum absolute atomic E-state index is 0.00166. The maximum Gasteiger partial charge on any atom is 0.343 e. The first-order valence-electron chi connectivity index (χ1n) is 8.02. The zero-order valence-electron chi connectivity index (χ0n) is 14.4. The van der Waals surface area contributed by atoms with E-state index in [0.29, 0.717) is 0 Å². The van der Waals surface area contributed by atoms with Gasteiger partial charge in [0.25, 0.3) is 0 Å². The largest absolute Gasteiger partial charge is 0.451 e. The van der Waals surface area contributed by atoms with E-state index in [4.69, 9.17) is 20.0 Å². The molecular weight excluding hydrogens is 385 g/mol. The van der Waals surface area contributed by atoms with Gasteiger partial charge < -0.3 is 9.47 Å². The second-order valence-corrected chi connectivity index (χ2v) is 5.58. The van der Waals surface area contributed by atoms with Crippen molar-refractivity contribution in [3.8, 4) is 29.4 Å². The summed E-state index contributed by atoms with van der Waals surface area (Å²) < 4.78 is 52.7. The highest BCUT2D eigenvalue weighted by Gasteiger charge is 2.27. The van der Waals surface area contributed by atoms with E-state index in [1.54, 1.807) is 30.3 Å². The number of para-hydroxylation sites is 1. The number of benzene rings is 3. The number of halogens is 3. The van der Waals surface area contributed by atoms with Gasteiger partial charge in [0, 0.05) is 0 Å². The van der Waals surface area contributed by atoms with E-state index in [1.165, 1.54) is 30.3 Å². The Kier molecular flexibility index (Phi) is 5.47. The Hall–Kier alpha value is -4.30. The quantitative estimate of drug-likeness (QED) is 0.359. The highest BCUT2D eigenvalue weighted by atomic mass is 19.2. The normalized spacial score (nSPS) is 9.97. The van der Waals surface area contributed by atoms with Crippen molar-refractivity contribution in [3.05, 3.63) is 88.7 Å². The lowest BCUT2D eigenvalue weighted by molar-refractivity contribution is 0.0734. The lowest BCUT2D eigenvalue weighted by atomic mass is 10.1. The van der Waals surface area contributed by atoms with E-state index in [0.717, 1.165) is 6.07 Å². The van der Waals surface area contributed by atoms with Crippen LogP contribution in [0.1, 0.15) is 21.5 Å². The minimum Gasteiger partial charge on any atom is -0.451 e. The van der Waals surface area contributed by atoms with Crippen molar-refractivity contribution in [2.45, 2.75) is 0 Å². The van der Waals surface area contributed by atoms with E-state index in [9.17, 15) is 18.0 Å². The Labute approximate surface area is 162 Å². The molecule has 0 aliphatic heterocycles. The second kappa shape index (κ2) is 8.15. The van der Waals surface area contributed by atoms with Gasteiger partial charge in [-0.1, -0.05) is 24.3 Å². The predicted octanol–water partition coefficient (Wildman–Crippen LogP) is 4.86. The van der Waals surface area contributed by atoms with Gasteiger partial charge in [-0.2, -0.15) is 14.9 Å². The van der Waals surface area contributed by atoms with Crippen LogP contribution in [0.25, 0.3) is 0 Å². The molecular formula is C21H9F3N2O3. The molecule has 3 rings (SSSR count). The van der Waals surface area contributed by atoms with Gasteiger partial charge in [-0.15, -0.1) is 0 Å². The van der Waals surface area contributed by atoms with Crippen molar-refractivity contribution in [1.29, 1.82) is 10.5 Å². The van der Waals surface area contributed by atoms with E-state index in [2.05, 4.69) is 0 Å². The van der Waals surface area contributed by atoms with Crippen LogP contribution in [0.5, 0.6) is 17.2 Å². The van der Waals surface area contributed by atoms with Crippen molar-refractivity contribution < 1.29 is 27.4 Å². The van der Waals surface area contributed by atoms with Gasteiger partial charge in [-0.05, 0) is 30.3 Å². The molecule has 0 aliphatic rings. The molecule has 3 aromatic carbocycles. The number of nitrogens with zero attached hydrogens (tertiary/aromatic N) is 2. The summed E-state index contributed by atoms with van der Waals surface area (Å²) in [7, 11) is 0. The molecule has 0 radical (unpaired) electrons. The van der Waals surface area contributed by atoms with E-state index >= 15 is 0 Å². The number of rotatable bonds is 4. The molecule has 0 heterocycles. The molecule has 8 heteroatoms. The van der Waals surface area contributed by atoms with Crippen LogP contribution in [0, 0.1) is 40.1 Å². The fourth-order valence-corrected chi connectivity index (χ4v) is 2.40. The van der Waals surface area contributed by atoms with Crippen LogP contribution in [0.4, 0.5) is 13.2 Å². The summed E-state index contributed by atoms with van der Waals surface area (Å²) in [6.07, 6.45) is 0. The van der Waals surface area contributed by atoms with E-state index in [1.807, 2.05) is 0 Å². The third kappa shape index (κ3) is 3.87. The van der Waals surface area contributed by atoms with Gasteiger partial charge in [0.2, 0.25) is 11.6 Å². The summed E-state index contributed by atoms with van der Waals surface area (Å²) in [5, 5.41) is 17.8. The Bertz CT molecular complexity index is 1180. The Balaban J connectivity index is 1.94. The number of carbonyl (C=O) groups excluding carboxylic acids is 1. The standard InChI is InChI=1S/C21H9F3N2O3/c22-17-15(10-25)16(11-26)18(23)20(19(17)24)28-14-8-4-5-12(9-14)21(27)29-13-6-2-1-3-7-13/h1-9H. The Morgan fingerprint density at radius 2 is 1.41 bits per heavy atom. The number of nitriles is 2. The molecule has 0 amide bonds. The topological polar surface area (TPSA) is 83.1 Å². The molecule has 142 valence electrons. The first-order valence-corrected chi connectivity index (χ1v) is 8.02. The maximum absolute atomic E-state index is 14.4. The van der Waals surface area contributed by atoms with E-state index < -0.39 is 40.3 Å². The SMILES string of the molecule is N#Cc1c(F)c(F)c(Oc2cccc(C(=O)Oc3ccccc3)c2)c(F)c1C#N. The fourth-order valence-electron chi connectivity index (χ4n) is 2.40. The lowest BCUT2D eigenvalue weighted by Gasteiger charge is -2.11. The van der Waals surface area contributed by atoms with Crippen LogP contribution in [-0.2, 0) is 0 Å². The number of hydrogen-bond acceptors (Lipinski definition) is 5. The molecule has 0 atom stereocenters. The van der Waals surface area contributed by atoms with Crippen LogP contribution in [0.15, 0.2) is 54.6 Å². The summed E-state index contributed by atoms with van der Waals surface area (Å²) >= 11 is 0. The molecule has 0 N–H and O–H groups in total. The second-order valence-electron chi connectivity index (χ2n) is 5.58. The molecule has 0 unspecified atom stereocenters. The maximum atomic E-state index is 14.4. The highest BCUT2D eigenvalue weighted by molar-refractivity contribution is 5.91. The first kappa shape index (κ1) is 19.5. The minimum atomic E-state index is -1.77. The van der Waals surface area contributed by atoms with Crippen molar-refractivity contribution in [3.63, 3.8) is 0 Å². The molecule has 0 spiro atoms. The Morgan fingerprint density at radius 1 is 0.793 bits per heavy atom. The predicted molar refractivity (Wildman–Crippen MR) is 93.7 cm³/mol. The van der Waals surface area contributed by atoms with Crippen LogP contribution in [-0.4, -0.2) is 5.97 Å². The van der Waals surface area contributed by atoms with Crippen LogP contribution in [0.3, 0.4) is 0 Å². The summed E-state index contributed by atoms with van der Waals surface area (Å²) in [6.45, 7) is 0. The molecule has 0 aliphatic carbocycles. The molecule has 0 fully saturated rings. The first-order chi connectivity index (χ1) is 14.0. The van der Waals surface area contributed by atoms with Gasteiger partial charge in [-0.3, -0.25) is 0 Å².